The van der Waals surface area contributed by atoms with Crippen molar-refractivity contribution >= 4 is 40.0 Å². The smallest absolute Gasteiger partial charge is 0.268 e. The van der Waals surface area contributed by atoms with Gasteiger partial charge in [0.2, 0.25) is 0 Å². The van der Waals surface area contributed by atoms with Crippen molar-refractivity contribution in [2.75, 3.05) is 41.8 Å². The van der Waals surface area contributed by atoms with Gasteiger partial charge in [-0.25, -0.2) is 4.98 Å². The second-order valence-electron chi connectivity index (χ2n) is 5.68. The van der Waals surface area contributed by atoms with Crippen molar-refractivity contribution in [3.05, 3.63) is 4.88 Å². The van der Waals surface area contributed by atoms with E-state index in [9.17, 15) is 4.79 Å². The Hall–Kier alpha value is -0.950. The van der Waals surface area contributed by atoms with Crippen LogP contribution in [0.1, 0.15) is 35.9 Å². The van der Waals surface area contributed by atoms with Crippen molar-refractivity contribution < 1.29 is 4.79 Å². The zero-order valence-electron chi connectivity index (χ0n) is 12.4. The number of amides is 1. The average molecular weight is 326 g/mol. The van der Waals surface area contributed by atoms with Gasteiger partial charge in [0.15, 0.2) is 5.13 Å². The number of hydrogen-bond acceptors (Lipinski definition) is 6. The van der Waals surface area contributed by atoms with Crippen molar-refractivity contribution in [2.24, 2.45) is 0 Å². The predicted molar refractivity (Wildman–Crippen MR) is 90.4 cm³/mol. The maximum atomic E-state index is 12.7. The molecular formula is C14H22N4OS2. The Balaban J connectivity index is 1.78. The van der Waals surface area contributed by atoms with Gasteiger partial charge in [-0.1, -0.05) is 11.3 Å². The van der Waals surface area contributed by atoms with Gasteiger partial charge in [0.25, 0.3) is 5.91 Å². The molecule has 2 saturated heterocycles. The molecule has 116 valence electrons. The summed E-state index contributed by atoms with van der Waals surface area (Å²) in [4.78, 5) is 22.0. The first kappa shape index (κ1) is 15.0. The lowest BCUT2D eigenvalue weighted by molar-refractivity contribution is 0.0722. The van der Waals surface area contributed by atoms with Gasteiger partial charge >= 0.3 is 0 Å². The van der Waals surface area contributed by atoms with Gasteiger partial charge in [-0.3, -0.25) is 4.79 Å². The number of carbonyl (C=O) groups is 1. The molecule has 7 heteroatoms. The first-order valence-electron chi connectivity index (χ1n) is 7.57. The first-order valence-corrected chi connectivity index (χ1v) is 9.54. The third kappa shape index (κ3) is 3.13. The van der Waals surface area contributed by atoms with Crippen LogP contribution in [0.4, 0.5) is 10.9 Å². The minimum Gasteiger partial charge on any atom is -0.382 e. The molecule has 3 heterocycles. The average Bonchev–Trinajstić information content (AvgIpc) is 2.90. The zero-order chi connectivity index (χ0) is 14.8. The lowest BCUT2D eigenvalue weighted by Gasteiger charge is -2.32. The summed E-state index contributed by atoms with van der Waals surface area (Å²) in [6.07, 6.45) is 3.68. The Morgan fingerprint density at radius 1 is 1.29 bits per heavy atom. The molecule has 0 spiro atoms. The third-order valence-corrected chi connectivity index (χ3v) is 6.40. The summed E-state index contributed by atoms with van der Waals surface area (Å²) in [6, 6.07) is 0.274. The van der Waals surface area contributed by atoms with Crippen molar-refractivity contribution in [1.82, 2.24) is 9.88 Å². The zero-order valence-corrected chi connectivity index (χ0v) is 14.0. The van der Waals surface area contributed by atoms with Gasteiger partial charge < -0.3 is 15.5 Å². The Labute approximate surface area is 133 Å². The normalized spacial score (nSPS) is 23.4. The van der Waals surface area contributed by atoms with Crippen molar-refractivity contribution in [1.29, 1.82) is 0 Å². The molecule has 1 amide bonds. The molecule has 1 atom stereocenters. The predicted octanol–water partition coefficient (Wildman–Crippen LogP) is 2.29. The monoisotopic (exact) mass is 326 g/mol. The topological polar surface area (TPSA) is 62.5 Å². The highest BCUT2D eigenvalue weighted by molar-refractivity contribution is 7.99. The summed E-state index contributed by atoms with van der Waals surface area (Å²) >= 11 is 3.37. The molecule has 0 aromatic carbocycles. The molecule has 0 saturated carbocycles. The number of aromatic nitrogens is 1. The van der Waals surface area contributed by atoms with E-state index in [1.54, 1.807) is 0 Å². The van der Waals surface area contributed by atoms with Gasteiger partial charge in [-0.05, 0) is 26.2 Å². The number of anilines is 2. The second-order valence-corrected chi connectivity index (χ2v) is 7.81. The molecular weight excluding hydrogens is 304 g/mol. The number of nitrogens with two attached hydrogens (primary N) is 1. The van der Waals surface area contributed by atoms with Crippen LogP contribution in [0.2, 0.25) is 0 Å². The molecule has 0 bridgehead atoms. The van der Waals surface area contributed by atoms with Crippen LogP contribution in [0.25, 0.3) is 0 Å². The number of hydrogen-bond donors (Lipinski definition) is 1. The summed E-state index contributed by atoms with van der Waals surface area (Å²) < 4.78 is 0. The van der Waals surface area contributed by atoms with E-state index in [0.717, 1.165) is 36.3 Å². The number of thioether (sulfide) groups is 1. The molecule has 5 nitrogen and oxygen atoms in total. The number of rotatable bonds is 2. The van der Waals surface area contributed by atoms with Crippen LogP contribution in [0, 0.1) is 0 Å². The van der Waals surface area contributed by atoms with E-state index in [1.165, 1.54) is 30.6 Å². The van der Waals surface area contributed by atoms with E-state index >= 15 is 0 Å². The highest BCUT2D eigenvalue weighted by atomic mass is 32.2. The molecule has 2 aliphatic rings. The second kappa shape index (κ2) is 6.44. The summed E-state index contributed by atoms with van der Waals surface area (Å²) in [5, 5.41) is 0.912. The van der Waals surface area contributed by atoms with Crippen LogP contribution in [0.3, 0.4) is 0 Å². The lowest BCUT2D eigenvalue weighted by Crippen LogP contribution is -2.44. The van der Waals surface area contributed by atoms with Crippen molar-refractivity contribution in [3.63, 3.8) is 0 Å². The molecule has 3 rings (SSSR count). The molecule has 2 aliphatic heterocycles. The molecule has 2 fully saturated rings. The van der Waals surface area contributed by atoms with Gasteiger partial charge in [-0.15, -0.1) is 0 Å². The van der Waals surface area contributed by atoms with Crippen molar-refractivity contribution in [2.45, 2.75) is 32.2 Å². The van der Waals surface area contributed by atoms with E-state index in [2.05, 4.69) is 16.8 Å². The van der Waals surface area contributed by atoms with Gasteiger partial charge in [0.1, 0.15) is 10.7 Å². The van der Waals surface area contributed by atoms with Crippen LogP contribution in [-0.2, 0) is 0 Å². The molecule has 0 radical (unpaired) electrons. The van der Waals surface area contributed by atoms with Crippen LogP contribution in [-0.4, -0.2) is 53.0 Å². The highest BCUT2D eigenvalue weighted by Gasteiger charge is 2.29. The number of carbonyl (C=O) groups excluding carboxylic acids is 1. The van der Waals surface area contributed by atoms with E-state index < -0.39 is 0 Å². The number of thiazole rings is 1. The summed E-state index contributed by atoms with van der Waals surface area (Å²) in [7, 11) is 0. The standard InChI is InChI=1S/C14H22N4OS2/c1-10-9-20-8-7-18(10)13(19)11-12(15)16-14(21-11)17-5-3-2-4-6-17/h10H,2-9,15H2,1H3. The Kier molecular flexibility index (Phi) is 4.59. The minimum atomic E-state index is 0.0565. The number of piperidine rings is 1. The van der Waals surface area contributed by atoms with Crippen LogP contribution in [0.15, 0.2) is 0 Å². The number of nitrogen functional groups attached to an aromatic ring is 1. The van der Waals surface area contributed by atoms with E-state index in [1.807, 2.05) is 16.7 Å². The summed E-state index contributed by atoms with van der Waals surface area (Å²) in [5.41, 5.74) is 6.02. The third-order valence-electron chi connectivity index (χ3n) is 4.09. The first-order chi connectivity index (χ1) is 10.2. The lowest BCUT2D eigenvalue weighted by atomic mass is 10.1. The fourth-order valence-electron chi connectivity index (χ4n) is 2.85. The maximum Gasteiger partial charge on any atom is 0.268 e. The molecule has 21 heavy (non-hydrogen) atoms. The minimum absolute atomic E-state index is 0.0565. The fourth-order valence-corrected chi connectivity index (χ4v) is 4.86. The molecule has 1 aromatic rings. The van der Waals surface area contributed by atoms with E-state index in [0.29, 0.717) is 10.7 Å². The van der Waals surface area contributed by atoms with Gasteiger partial charge in [0, 0.05) is 37.2 Å². The quantitative estimate of drug-likeness (QED) is 0.903. The molecule has 2 N–H and O–H groups in total. The largest absolute Gasteiger partial charge is 0.382 e. The summed E-state index contributed by atoms with van der Waals surface area (Å²) in [6.45, 7) is 4.96. The van der Waals surface area contributed by atoms with Crippen LogP contribution in [0.5, 0.6) is 0 Å². The Morgan fingerprint density at radius 3 is 2.76 bits per heavy atom. The van der Waals surface area contributed by atoms with Crippen molar-refractivity contribution in [3.8, 4) is 0 Å². The Bertz CT molecular complexity index is 513. The fraction of sp³-hybridized carbons (Fsp3) is 0.714. The number of nitrogens with zero attached hydrogens (tertiary/aromatic N) is 3. The SMILES string of the molecule is CC1CSCCN1C(=O)c1sc(N2CCCCC2)nc1N. The molecule has 0 aliphatic carbocycles. The van der Waals surface area contributed by atoms with Gasteiger partial charge in [0.05, 0.1) is 0 Å². The van der Waals surface area contributed by atoms with Crippen LogP contribution < -0.4 is 10.6 Å². The van der Waals surface area contributed by atoms with Crippen LogP contribution >= 0.6 is 23.1 Å². The maximum absolute atomic E-state index is 12.7. The van der Waals surface area contributed by atoms with E-state index in [4.69, 9.17) is 5.73 Å². The highest BCUT2D eigenvalue weighted by Crippen LogP contribution is 2.32. The van der Waals surface area contributed by atoms with E-state index in [-0.39, 0.29) is 11.9 Å². The molecule has 1 unspecified atom stereocenters. The Morgan fingerprint density at radius 2 is 2.05 bits per heavy atom. The summed E-state index contributed by atoms with van der Waals surface area (Å²) in [5.74, 6) is 2.47. The molecule has 1 aromatic heterocycles. The van der Waals surface area contributed by atoms with Gasteiger partial charge in [-0.2, -0.15) is 11.8 Å².